The zero-order valence-corrected chi connectivity index (χ0v) is 18.0. The van der Waals surface area contributed by atoms with E-state index in [1.165, 1.54) is 0 Å². The second-order valence-corrected chi connectivity index (χ2v) is 10.2. The Morgan fingerprint density at radius 2 is 2.10 bits per heavy atom. The molecule has 0 spiro atoms. The summed E-state index contributed by atoms with van der Waals surface area (Å²) in [6, 6.07) is 3.55. The molecule has 5 rings (SSSR count). The Labute approximate surface area is 182 Å². The molecular formula is C25H31FN2O3. The number of amides is 1. The Bertz CT molecular complexity index is 947. The Morgan fingerprint density at radius 1 is 1.26 bits per heavy atom. The number of allylic oxidation sites excluding steroid dienone is 1. The van der Waals surface area contributed by atoms with E-state index in [1.807, 2.05) is 13.0 Å². The molecule has 0 aromatic carbocycles. The number of aliphatic hydroxyl groups excluding tert-OH is 1. The van der Waals surface area contributed by atoms with Crippen LogP contribution >= 0.6 is 0 Å². The number of nitrogens with one attached hydrogen (secondary N) is 1. The van der Waals surface area contributed by atoms with Gasteiger partial charge >= 0.3 is 0 Å². The molecule has 5 unspecified atom stereocenters. The van der Waals surface area contributed by atoms with Crippen LogP contribution in [0.3, 0.4) is 0 Å². The first-order valence-corrected chi connectivity index (χ1v) is 11.5. The van der Waals surface area contributed by atoms with Crippen LogP contribution in [-0.4, -0.2) is 38.5 Å². The number of carbonyl (C=O) groups excluding carboxylic acids is 1. The van der Waals surface area contributed by atoms with Gasteiger partial charge in [-0.1, -0.05) is 18.6 Å². The molecule has 2 fully saturated rings. The van der Waals surface area contributed by atoms with E-state index >= 15 is 4.39 Å². The molecule has 4 aliphatic carbocycles. The van der Waals surface area contributed by atoms with Gasteiger partial charge in [-0.3, -0.25) is 9.78 Å². The monoisotopic (exact) mass is 426 g/mol. The molecule has 6 heteroatoms. The van der Waals surface area contributed by atoms with Crippen molar-refractivity contribution in [2.75, 3.05) is 5.32 Å². The van der Waals surface area contributed by atoms with Crippen molar-refractivity contribution < 1.29 is 19.4 Å². The van der Waals surface area contributed by atoms with Gasteiger partial charge in [0.15, 0.2) is 5.67 Å². The molecule has 1 amide bonds. The SMILES string of the molecule is CC12CCC3(F)C=C4CC(O)CCC4CC[C@]3(O)C1CC=C2C(=O)Nc1cccnc1. The van der Waals surface area contributed by atoms with E-state index in [2.05, 4.69) is 10.3 Å². The maximum absolute atomic E-state index is 16.5. The molecule has 6 atom stereocenters. The number of anilines is 1. The van der Waals surface area contributed by atoms with Gasteiger partial charge in [0, 0.05) is 23.1 Å². The second kappa shape index (κ2) is 7.24. The molecule has 1 aromatic rings. The molecule has 0 aliphatic heterocycles. The third-order valence-electron chi connectivity index (χ3n) is 8.54. The summed E-state index contributed by atoms with van der Waals surface area (Å²) < 4.78 is 16.5. The van der Waals surface area contributed by atoms with Crippen molar-refractivity contribution >= 4 is 11.6 Å². The van der Waals surface area contributed by atoms with Crippen LogP contribution in [0.2, 0.25) is 0 Å². The van der Waals surface area contributed by atoms with Crippen LogP contribution in [0.4, 0.5) is 10.1 Å². The van der Waals surface area contributed by atoms with E-state index in [1.54, 1.807) is 30.6 Å². The average molecular weight is 427 g/mol. The maximum atomic E-state index is 16.5. The van der Waals surface area contributed by atoms with Crippen molar-refractivity contribution in [3.05, 3.63) is 47.8 Å². The lowest BCUT2D eigenvalue weighted by atomic mass is 9.54. The Hall–Kier alpha value is -2.05. The number of carbonyl (C=O) groups is 1. The van der Waals surface area contributed by atoms with E-state index in [0.29, 0.717) is 36.9 Å². The van der Waals surface area contributed by atoms with Gasteiger partial charge in [-0.15, -0.1) is 0 Å². The van der Waals surface area contributed by atoms with E-state index in [-0.39, 0.29) is 24.2 Å². The molecular weight excluding hydrogens is 395 g/mol. The summed E-state index contributed by atoms with van der Waals surface area (Å²) in [4.78, 5) is 17.1. The predicted octanol–water partition coefficient (Wildman–Crippen LogP) is 4.09. The summed E-state index contributed by atoms with van der Waals surface area (Å²) in [5.74, 6) is -0.313. The largest absolute Gasteiger partial charge is 0.393 e. The lowest BCUT2D eigenvalue weighted by Gasteiger charge is -2.55. The average Bonchev–Trinajstić information content (AvgIpc) is 3.05. The van der Waals surface area contributed by atoms with Gasteiger partial charge in [0.1, 0.15) is 5.60 Å². The summed E-state index contributed by atoms with van der Waals surface area (Å²) in [5, 5.41) is 24.9. The number of hydrogen-bond donors (Lipinski definition) is 3. The van der Waals surface area contributed by atoms with Crippen molar-refractivity contribution in [2.24, 2.45) is 17.3 Å². The van der Waals surface area contributed by atoms with Gasteiger partial charge in [0.25, 0.3) is 5.91 Å². The number of aromatic nitrogens is 1. The normalized spacial score (nSPS) is 41.7. The summed E-state index contributed by atoms with van der Waals surface area (Å²) in [6.45, 7) is 2.01. The van der Waals surface area contributed by atoms with Crippen LogP contribution < -0.4 is 5.32 Å². The number of rotatable bonds is 2. The topological polar surface area (TPSA) is 82.5 Å². The molecule has 3 N–H and O–H groups in total. The molecule has 166 valence electrons. The smallest absolute Gasteiger partial charge is 0.251 e. The van der Waals surface area contributed by atoms with E-state index < -0.39 is 22.8 Å². The number of nitrogens with zero attached hydrogens (tertiary/aromatic N) is 1. The third-order valence-corrected chi connectivity index (χ3v) is 8.54. The maximum Gasteiger partial charge on any atom is 0.251 e. The zero-order valence-electron chi connectivity index (χ0n) is 18.0. The standard InChI is InChI=1S/C25H31FN2O3/c1-23-10-11-24(26)14-17-13-19(29)5-4-16(17)8-9-25(24,31)21(23)7-6-20(23)22(30)28-18-3-2-12-27-15-18/h2-3,6,12,14-16,19,21,29,31H,4-5,7-11,13H2,1H3,(H,28,30)/t16?,19?,21?,23?,24?,25-/m0/s1. The van der Waals surface area contributed by atoms with E-state index in [4.69, 9.17) is 0 Å². The highest BCUT2D eigenvalue weighted by atomic mass is 19.1. The molecule has 1 heterocycles. The molecule has 5 nitrogen and oxygen atoms in total. The number of aliphatic hydroxyl groups is 2. The van der Waals surface area contributed by atoms with Gasteiger partial charge in [-0.2, -0.15) is 0 Å². The number of fused-ring (bicyclic) bond motifs is 4. The van der Waals surface area contributed by atoms with E-state index in [0.717, 1.165) is 24.8 Å². The summed E-state index contributed by atoms with van der Waals surface area (Å²) in [6.07, 6.45) is 10.8. The number of halogens is 1. The Kier molecular flexibility index (Phi) is 4.87. The number of pyridine rings is 1. The van der Waals surface area contributed by atoms with Gasteiger partial charge < -0.3 is 15.5 Å². The van der Waals surface area contributed by atoms with Crippen LogP contribution in [0.15, 0.2) is 47.8 Å². The molecule has 1 aromatic heterocycles. The van der Waals surface area contributed by atoms with Gasteiger partial charge in [0.2, 0.25) is 0 Å². The number of alkyl halides is 1. The van der Waals surface area contributed by atoms with Crippen LogP contribution in [-0.2, 0) is 4.79 Å². The number of hydrogen-bond acceptors (Lipinski definition) is 4. The van der Waals surface area contributed by atoms with Crippen LogP contribution in [0.5, 0.6) is 0 Å². The highest BCUT2D eigenvalue weighted by molar-refractivity contribution is 6.05. The summed E-state index contributed by atoms with van der Waals surface area (Å²) in [5.41, 5.74) is -1.67. The van der Waals surface area contributed by atoms with Crippen molar-refractivity contribution in [3.63, 3.8) is 0 Å². The fourth-order valence-corrected chi connectivity index (χ4v) is 6.78. The Balaban J connectivity index is 1.44. The third kappa shape index (κ3) is 3.18. The lowest BCUT2D eigenvalue weighted by Crippen LogP contribution is -2.62. The highest BCUT2D eigenvalue weighted by Crippen LogP contribution is 2.63. The van der Waals surface area contributed by atoms with Gasteiger partial charge in [0.05, 0.1) is 18.0 Å². The van der Waals surface area contributed by atoms with Crippen molar-refractivity contribution in [3.8, 4) is 0 Å². The minimum atomic E-state index is -1.82. The molecule has 31 heavy (non-hydrogen) atoms. The first-order chi connectivity index (χ1) is 14.8. The van der Waals surface area contributed by atoms with Crippen LogP contribution in [0, 0.1) is 17.3 Å². The zero-order chi connectivity index (χ0) is 21.9. The van der Waals surface area contributed by atoms with Crippen LogP contribution in [0.1, 0.15) is 58.3 Å². The lowest BCUT2D eigenvalue weighted by molar-refractivity contribution is -0.176. The van der Waals surface area contributed by atoms with Crippen molar-refractivity contribution in [1.29, 1.82) is 0 Å². The fraction of sp³-hybridized carbons (Fsp3) is 0.600. The van der Waals surface area contributed by atoms with Crippen molar-refractivity contribution in [1.82, 2.24) is 4.98 Å². The highest BCUT2D eigenvalue weighted by Gasteiger charge is 2.66. The van der Waals surface area contributed by atoms with Crippen molar-refractivity contribution in [2.45, 2.75) is 75.7 Å². The molecule has 0 saturated heterocycles. The van der Waals surface area contributed by atoms with E-state index in [9.17, 15) is 15.0 Å². The first kappa shape index (κ1) is 20.8. The Morgan fingerprint density at radius 3 is 2.87 bits per heavy atom. The first-order valence-electron chi connectivity index (χ1n) is 11.5. The minimum Gasteiger partial charge on any atom is -0.393 e. The summed E-state index contributed by atoms with van der Waals surface area (Å²) in [7, 11) is 0. The molecule has 0 bridgehead atoms. The van der Waals surface area contributed by atoms with Gasteiger partial charge in [-0.25, -0.2) is 4.39 Å². The molecule has 2 saturated carbocycles. The quantitative estimate of drug-likeness (QED) is 0.622. The molecule has 4 aliphatic rings. The summed E-state index contributed by atoms with van der Waals surface area (Å²) >= 11 is 0. The predicted molar refractivity (Wildman–Crippen MR) is 116 cm³/mol. The van der Waals surface area contributed by atoms with Crippen LogP contribution in [0.25, 0.3) is 0 Å². The van der Waals surface area contributed by atoms with Gasteiger partial charge in [-0.05, 0) is 75.5 Å². The fourth-order valence-electron chi connectivity index (χ4n) is 6.78. The molecule has 0 radical (unpaired) electrons. The minimum absolute atomic E-state index is 0.181. The second-order valence-electron chi connectivity index (χ2n) is 10.2.